The van der Waals surface area contributed by atoms with E-state index >= 15 is 0 Å². The number of benzene rings is 1. The summed E-state index contributed by atoms with van der Waals surface area (Å²) >= 11 is 0. The maximum atomic E-state index is 12.6. The minimum Gasteiger partial charge on any atom is -0.497 e. The molecule has 1 heterocycles. The molecule has 2 rings (SSSR count). The third-order valence-corrected chi connectivity index (χ3v) is 4.06. The van der Waals surface area contributed by atoms with Crippen molar-refractivity contribution in [2.75, 3.05) is 20.8 Å². The topological polar surface area (TPSA) is 93.9 Å². The number of ether oxygens (including phenoxy) is 2. The molecule has 0 bridgehead atoms. The largest absolute Gasteiger partial charge is 0.497 e. The summed E-state index contributed by atoms with van der Waals surface area (Å²) in [4.78, 5) is 25.3. The van der Waals surface area contributed by atoms with Gasteiger partial charge in [0.1, 0.15) is 17.5 Å². The van der Waals surface area contributed by atoms with Crippen molar-refractivity contribution in [2.45, 2.75) is 31.8 Å². The lowest BCUT2D eigenvalue weighted by Crippen LogP contribution is -2.48. The summed E-state index contributed by atoms with van der Waals surface area (Å²) in [6.45, 7) is 2.26. The van der Waals surface area contributed by atoms with Crippen LogP contribution in [0.15, 0.2) is 18.2 Å². The molecule has 1 aromatic rings. The number of methoxy groups -OCH3 is 2. The molecule has 1 aliphatic heterocycles. The minimum atomic E-state index is -0.708. The molecule has 0 radical (unpaired) electrons. The van der Waals surface area contributed by atoms with Crippen LogP contribution in [0.2, 0.25) is 0 Å². The third-order valence-electron chi connectivity index (χ3n) is 4.06. The first kappa shape index (κ1) is 16.9. The smallest absolute Gasteiger partial charge is 0.312 e. The van der Waals surface area contributed by atoms with Crippen LogP contribution < -0.4 is 20.5 Å². The van der Waals surface area contributed by atoms with E-state index in [9.17, 15) is 9.59 Å². The molecule has 1 aromatic carbocycles. The van der Waals surface area contributed by atoms with Gasteiger partial charge in [0.15, 0.2) is 0 Å². The first-order valence-electron chi connectivity index (χ1n) is 7.56. The average molecular weight is 321 g/mol. The minimum absolute atomic E-state index is 0.107. The molecule has 0 saturated carbocycles. The van der Waals surface area contributed by atoms with E-state index in [0.29, 0.717) is 18.0 Å². The van der Waals surface area contributed by atoms with Crippen LogP contribution >= 0.6 is 0 Å². The lowest BCUT2D eigenvalue weighted by Gasteiger charge is -2.29. The number of hydrogen-bond donors (Lipinski definition) is 2. The fraction of sp³-hybridized carbons (Fsp3) is 0.500. The number of hydrogen-bond acceptors (Lipinski definition) is 4. The average Bonchev–Trinajstić information content (AvgIpc) is 3.02. The second-order valence-electron chi connectivity index (χ2n) is 5.53. The van der Waals surface area contributed by atoms with Gasteiger partial charge in [0, 0.05) is 12.1 Å². The van der Waals surface area contributed by atoms with Crippen molar-refractivity contribution in [3.05, 3.63) is 23.8 Å². The summed E-state index contributed by atoms with van der Waals surface area (Å²) < 4.78 is 10.7. The van der Waals surface area contributed by atoms with Crippen LogP contribution in [0.3, 0.4) is 0 Å². The molecule has 23 heavy (non-hydrogen) atoms. The number of nitrogens with one attached hydrogen (secondary N) is 1. The van der Waals surface area contributed by atoms with Crippen LogP contribution in [0.4, 0.5) is 4.79 Å². The summed E-state index contributed by atoms with van der Waals surface area (Å²) in [7, 11) is 3.20. The van der Waals surface area contributed by atoms with Crippen molar-refractivity contribution in [1.82, 2.24) is 10.2 Å². The van der Waals surface area contributed by atoms with Gasteiger partial charge in [-0.2, -0.15) is 0 Å². The third kappa shape index (κ3) is 3.67. The van der Waals surface area contributed by atoms with Crippen LogP contribution in [0.5, 0.6) is 11.5 Å². The summed E-state index contributed by atoms with van der Waals surface area (Å²) in [5, 5.41) is 2.43. The van der Waals surface area contributed by atoms with E-state index in [1.54, 1.807) is 26.0 Å². The fourth-order valence-corrected chi connectivity index (χ4v) is 2.98. The zero-order valence-electron chi connectivity index (χ0n) is 13.7. The molecule has 3 amide bonds. The van der Waals surface area contributed by atoms with Crippen LogP contribution in [0, 0.1) is 0 Å². The molecule has 0 spiro atoms. The Labute approximate surface area is 135 Å². The van der Waals surface area contributed by atoms with E-state index in [1.807, 2.05) is 18.2 Å². The number of carbonyl (C=O) groups excluding carboxylic acids is 2. The number of primary amides is 1. The van der Waals surface area contributed by atoms with Crippen molar-refractivity contribution in [3.63, 3.8) is 0 Å². The highest BCUT2D eigenvalue weighted by Gasteiger charge is 2.34. The van der Waals surface area contributed by atoms with Gasteiger partial charge >= 0.3 is 6.03 Å². The number of carbonyl (C=O) groups is 2. The van der Waals surface area contributed by atoms with Crippen molar-refractivity contribution in [3.8, 4) is 11.5 Å². The molecule has 1 fully saturated rings. The Hall–Kier alpha value is -2.44. The van der Waals surface area contributed by atoms with Gasteiger partial charge in [-0.25, -0.2) is 4.79 Å². The van der Waals surface area contributed by atoms with E-state index in [4.69, 9.17) is 15.2 Å². The molecular formula is C16H23N3O4. The van der Waals surface area contributed by atoms with E-state index in [0.717, 1.165) is 18.4 Å². The van der Waals surface area contributed by atoms with E-state index < -0.39 is 12.1 Å². The first-order valence-corrected chi connectivity index (χ1v) is 7.56. The Morgan fingerprint density at radius 1 is 1.35 bits per heavy atom. The molecule has 7 heteroatoms. The second kappa shape index (κ2) is 7.21. The summed E-state index contributed by atoms with van der Waals surface area (Å²) in [6, 6.07) is 4.07. The lowest BCUT2D eigenvalue weighted by atomic mass is 10.0. The fourth-order valence-electron chi connectivity index (χ4n) is 2.98. The maximum Gasteiger partial charge on any atom is 0.312 e. The second-order valence-corrected chi connectivity index (χ2v) is 5.53. The van der Waals surface area contributed by atoms with E-state index in [2.05, 4.69) is 5.32 Å². The lowest BCUT2D eigenvalue weighted by molar-refractivity contribution is -0.133. The molecule has 0 aromatic heterocycles. The first-order chi connectivity index (χ1) is 11.0. The number of nitrogens with zero attached hydrogens (tertiary/aromatic N) is 1. The normalized spacial score (nSPS) is 18.4. The van der Waals surface area contributed by atoms with Gasteiger partial charge in [0.2, 0.25) is 5.91 Å². The highest BCUT2D eigenvalue weighted by atomic mass is 16.5. The predicted molar refractivity (Wildman–Crippen MR) is 85.4 cm³/mol. The Kier molecular flexibility index (Phi) is 5.31. The number of urea groups is 1. The molecule has 0 aliphatic carbocycles. The Bertz CT molecular complexity index is 591. The zero-order chi connectivity index (χ0) is 17.0. The number of amides is 3. The highest BCUT2D eigenvalue weighted by Crippen LogP contribution is 2.39. The van der Waals surface area contributed by atoms with Crippen LogP contribution in [-0.2, 0) is 4.79 Å². The van der Waals surface area contributed by atoms with Gasteiger partial charge in [-0.1, -0.05) is 0 Å². The zero-order valence-corrected chi connectivity index (χ0v) is 13.7. The molecule has 1 aliphatic rings. The van der Waals surface area contributed by atoms with Gasteiger partial charge in [-0.15, -0.1) is 0 Å². The monoisotopic (exact) mass is 321 g/mol. The maximum absolute atomic E-state index is 12.6. The molecule has 1 unspecified atom stereocenters. The van der Waals surface area contributed by atoms with Crippen molar-refractivity contribution >= 4 is 11.9 Å². The molecular weight excluding hydrogens is 298 g/mol. The van der Waals surface area contributed by atoms with Crippen molar-refractivity contribution in [2.24, 2.45) is 5.73 Å². The van der Waals surface area contributed by atoms with Crippen molar-refractivity contribution < 1.29 is 19.1 Å². The molecule has 7 nitrogen and oxygen atoms in total. The summed E-state index contributed by atoms with van der Waals surface area (Å²) in [5.41, 5.74) is 6.01. The van der Waals surface area contributed by atoms with Crippen molar-refractivity contribution in [1.29, 1.82) is 0 Å². The number of likely N-dealkylation sites (tertiary alicyclic amines) is 1. The van der Waals surface area contributed by atoms with Gasteiger partial charge < -0.3 is 25.4 Å². The highest BCUT2D eigenvalue weighted by molar-refractivity contribution is 5.86. The van der Waals surface area contributed by atoms with Gasteiger partial charge in [0.25, 0.3) is 0 Å². The predicted octanol–water partition coefficient (Wildman–Crippen LogP) is 1.42. The molecule has 1 saturated heterocycles. The summed E-state index contributed by atoms with van der Waals surface area (Å²) in [6.07, 6.45) is 1.72. The van der Waals surface area contributed by atoms with Crippen LogP contribution in [0.1, 0.15) is 31.4 Å². The van der Waals surface area contributed by atoms with Gasteiger partial charge in [-0.3, -0.25) is 4.79 Å². The van der Waals surface area contributed by atoms with Gasteiger partial charge in [-0.05, 0) is 38.0 Å². The molecule has 126 valence electrons. The van der Waals surface area contributed by atoms with E-state index in [1.165, 1.54) is 0 Å². The standard InChI is InChI=1S/C16H23N3O4/c1-10(18-16(17)21)15(20)19-8-4-5-13(19)12-9-11(22-2)6-7-14(12)23-3/h6-7,9-10,13H,4-5,8H2,1-3H3,(H3,17,18,21)/t10-,13?/m0/s1. The van der Waals surface area contributed by atoms with Crippen LogP contribution in [0.25, 0.3) is 0 Å². The van der Waals surface area contributed by atoms with Gasteiger partial charge in [0.05, 0.1) is 20.3 Å². The summed E-state index contributed by atoms with van der Waals surface area (Å²) in [5.74, 6) is 1.27. The van der Waals surface area contributed by atoms with Crippen LogP contribution in [-0.4, -0.2) is 43.6 Å². The van der Waals surface area contributed by atoms with E-state index in [-0.39, 0.29) is 11.9 Å². The Morgan fingerprint density at radius 2 is 2.09 bits per heavy atom. The SMILES string of the molecule is COc1ccc(OC)c(C2CCCN2C(=O)[C@H](C)NC(N)=O)c1. The Balaban J connectivity index is 2.28. The number of nitrogens with two attached hydrogens (primary N) is 1. The Morgan fingerprint density at radius 3 is 2.70 bits per heavy atom. The molecule has 2 atom stereocenters. The number of rotatable bonds is 5. The quantitative estimate of drug-likeness (QED) is 0.857. The molecule has 3 N–H and O–H groups in total.